The summed E-state index contributed by atoms with van der Waals surface area (Å²) in [5.74, 6) is 0.626. The number of nitrogens with zero attached hydrogens (tertiary/aromatic N) is 5. The summed E-state index contributed by atoms with van der Waals surface area (Å²) in [5, 5.41) is 7.71. The summed E-state index contributed by atoms with van der Waals surface area (Å²) in [4.78, 5) is 13.2. The number of pyridine rings is 1. The molecule has 118 valence electrons. The average Bonchev–Trinajstić information content (AvgIpc) is 2.81. The van der Waals surface area contributed by atoms with Gasteiger partial charge in [-0.3, -0.25) is 9.67 Å². The zero-order chi connectivity index (χ0) is 16.2. The summed E-state index contributed by atoms with van der Waals surface area (Å²) in [5.41, 5.74) is 5.09. The van der Waals surface area contributed by atoms with Crippen molar-refractivity contribution < 1.29 is 0 Å². The summed E-state index contributed by atoms with van der Waals surface area (Å²) in [7, 11) is 1.94. The fourth-order valence-electron chi connectivity index (χ4n) is 2.58. The lowest BCUT2D eigenvalue weighted by atomic mass is 10.1. The average molecular weight is 308 g/mol. The Hall–Kier alpha value is -2.76. The lowest BCUT2D eigenvalue weighted by Gasteiger charge is -2.07. The predicted molar refractivity (Wildman–Crippen MR) is 90.1 cm³/mol. The number of nitrogens with one attached hydrogen (secondary N) is 1. The van der Waals surface area contributed by atoms with Crippen molar-refractivity contribution in [3.8, 4) is 11.3 Å². The second-order valence-electron chi connectivity index (χ2n) is 5.43. The van der Waals surface area contributed by atoms with E-state index in [2.05, 4.69) is 25.4 Å². The second-order valence-corrected chi connectivity index (χ2v) is 5.43. The van der Waals surface area contributed by atoms with E-state index in [-0.39, 0.29) is 0 Å². The number of hydrogen-bond donors (Lipinski definition) is 1. The lowest BCUT2D eigenvalue weighted by molar-refractivity contribution is 0.731. The molecule has 3 aromatic rings. The van der Waals surface area contributed by atoms with Gasteiger partial charge in [0.1, 0.15) is 0 Å². The zero-order valence-electron chi connectivity index (χ0n) is 13.6. The summed E-state index contributed by atoms with van der Waals surface area (Å²) >= 11 is 0. The fourth-order valence-corrected chi connectivity index (χ4v) is 2.58. The molecule has 0 fully saturated rings. The van der Waals surface area contributed by atoms with E-state index in [1.54, 1.807) is 12.4 Å². The Morgan fingerprint density at radius 3 is 2.65 bits per heavy atom. The van der Waals surface area contributed by atoms with Crippen LogP contribution in [0, 0.1) is 13.8 Å². The Morgan fingerprint density at radius 1 is 1.09 bits per heavy atom. The van der Waals surface area contributed by atoms with E-state index in [9.17, 15) is 0 Å². The maximum Gasteiger partial charge on any atom is 0.223 e. The molecule has 3 heterocycles. The molecule has 0 amide bonds. The van der Waals surface area contributed by atoms with Crippen LogP contribution in [0.2, 0.25) is 0 Å². The van der Waals surface area contributed by atoms with Gasteiger partial charge < -0.3 is 5.32 Å². The van der Waals surface area contributed by atoms with Crippen LogP contribution in [0.5, 0.6) is 0 Å². The van der Waals surface area contributed by atoms with Crippen molar-refractivity contribution >= 4 is 5.95 Å². The van der Waals surface area contributed by atoms with Crippen LogP contribution in [0.3, 0.4) is 0 Å². The van der Waals surface area contributed by atoms with E-state index in [1.807, 2.05) is 49.8 Å². The summed E-state index contributed by atoms with van der Waals surface area (Å²) in [6.45, 7) is 4.79. The molecular weight excluding hydrogens is 288 g/mol. The van der Waals surface area contributed by atoms with Crippen LogP contribution in [0.4, 0.5) is 5.95 Å². The molecule has 0 saturated carbocycles. The molecule has 6 nitrogen and oxygen atoms in total. The molecular formula is C17H20N6. The third-order valence-electron chi connectivity index (χ3n) is 3.81. The first-order valence-electron chi connectivity index (χ1n) is 7.62. The number of aromatic nitrogens is 5. The minimum Gasteiger partial charge on any atom is -0.354 e. The predicted octanol–water partition coefficient (Wildman–Crippen LogP) is 2.54. The van der Waals surface area contributed by atoms with Crippen molar-refractivity contribution in [1.82, 2.24) is 24.7 Å². The van der Waals surface area contributed by atoms with Crippen molar-refractivity contribution in [2.24, 2.45) is 7.05 Å². The molecule has 0 unspecified atom stereocenters. The van der Waals surface area contributed by atoms with Gasteiger partial charge in [0, 0.05) is 49.4 Å². The highest BCUT2D eigenvalue weighted by Gasteiger charge is 2.13. The molecule has 23 heavy (non-hydrogen) atoms. The quantitative estimate of drug-likeness (QED) is 0.784. The smallest absolute Gasteiger partial charge is 0.223 e. The van der Waals surface area contributed by atoms with Gasteiger partial charge in [-0.05, 0) is 32.0 Å². The van der Waals surface area contributed by atoms with Crippen LogP contribution in [-0.4, -0.2) is 31.3 Å². The van der Waals surface area contributed by atoms with Crippen molar-refractivity contribution in [2.45, 2.75) is 20.3 Å². The third kappa shape index (κ3) is 3.36. The van der Waals surface area contributed by atoms with Gasteiger partial charge in [0.05, 0.1) is 11.4 Å². The van der Waals surface area contributed by atoms with Gasteiger partial charge >= 0.3 is 0 Å². The standard InChI is InChI=1S/C17H20N6/c1-12-16(13(2)23(3)22-12)15-8-11-20-17(21-15)19-10-7-14-6-4-5-9-18-14/h4-6,8-9,11H,7,10H2,1-3H3,(H,19,20,21). The van der Waals surface area contributed by atoms with Gasteiger partial charge in [-0.2, -0.15) is 5.10 Å². The summed E-state index contributed by atoms with van der Waals surface area (Å²) < 4.78 is 1.88. The van der Waals surface area contributed by atoms with Gasteiger partial charge in [-0.15, -0.1) is 0 Å². The van der Waals surface area contributed by atoms with Crippen LogP contribution in [0.15, 0.2) is 36.7 Å². The molecule has 0 aromatic carbocycles. The molecule has 0 aliphatic rings. The highest BCUT2D eigenvalue weighted by atomic mass is 15.3. The highest BCUT2D eigenvalue weighted by Crippen LogP contribution is 2.24. The van der Waals surface area contributed by atoms with Gasteiger partial charge in [0.25, 0.3) is 0 Å². The number of rotatable bonds is 5. The third-order valence-corrected chi connectivity index (χ3v) is 3.81. The fraction of sp³-hybridized carbons (Fsp3) is 0.294. The Balaban J connectivity index is 1.73. The highest BCUT2D eigenvalue weighted by molar-refractivity contribution is 5.65. The molecule has 0 radical (unpaired) electrons. The number of hydrogen-bond acceptors (Lipinski definition) is 5. The van der Waals surface area contributed by atoms with E-state index in [1.165, 1.54) is 0 Å². The maximum absolute atomic E-state index is 4.61. The zero-order valence-corrected chi connectivity index (χ0v) is 13.6. The molecule has 3 rings (SSSR count). The Morgan fingerprint density at radius 2 is 1.96 bits per heavy atom. The number of aryl methyl sites for hydroxylation is 2. The topological polar surface area (TPSA) is 68.5 Å². The second kappa shape index (κ2) is 6.56. The normalized spacial score (nSPS) is 10.7. The molecule has 0 atom stereocenters. The van der Waals surface area contributed by atoms with E-state index in [0.717, 1.165) is 41.3 Å². The molecule has 0 bridgehead atoms. The first-order chi connectivity index (χ1) is 11.1. The van der Waals surface area contributed by atoms with Gasteiger partial charge in [0.2, 0.25) is 5.95 Å². The van der Waals surface area contributed by atoms with E-state index in [0.29, 0.717) is 5.95 Å². The number of anilines is 1. The van der Waals surface area contributed by atoms with Crippen LogP contribution in [0.1, 0.15) is 17.1 Å². The minimum absolute atomic E-state index is 0.626. The van der Waals surface area contributed by atoms with Crippen LogP contribution >= 0.6 is 0 Å². The molecule has 0 saturated heterocycles. The summed E-state index contributed by atoms with van der Waals surface area (Å²) in [6, 6.07) is 7.84. The van der Waals surface area contributed by atoms with Gasteiger partial charge in [-0.1, -0.05) is 6.07 Å². The van der Waals surface area contributed by atoms with Crippen LogP contribution in [0.25, 0.3) is 11.3 Å². The molecule has 0 aliphatic heterocycles. The van der Waals surface area contributed by atoms with E-state index in [4.69, 9.17) is 0 Å². The Bertz CT molecular complexity index is 794. The lowest BCUT2D eigenvalue weighted by Crippen LogP contribution is -2.09. The van der Waals surface area contributed by atoms with Crippen molar-refractivity contribution in [2.75, 3.05) is 11.9 Å². The van der Waals surface area contributed by atoms with E-state index >= 15 is 0 Å². The maximum atomic E-state index is 4.61. The van der Waals surface area contributed by atoms with Crippen molar-refractivity contribution in [3.05, 3.63) is 53.7 Å². The Labute approximate surface area is 135 Å². The summed E-state index contributed by atoms with van der Waals surface area (Å²) in [6.07, 6.45) is 4.41. The van der Waals surface area contributed by atoms with Crippen LogP contribution in [-0.2, 0) is 13.5 Å². The van der Waals surface area contributed by atoms with Crippen molar-refractivity contribution in [1.29, 1.82) is 0 Å². The van der Waals surface area contributed by atoms with Gasteiger partial charge in [-0.25, -0.2) is 9.97 Å². The van der Waals surface area contributed by atoms with Crippen molar-refractivity contribution in [3.63, 3.8) is 0 Å². The van der Waals surface area contributed by atoms with Crippen LogP contribution < -0.4 is 5.32 Å². The largest absolute Gasteiger partial charge is 0.354 e. The molecule has 6 heteroatoms. The monoisotopic (exact) mass is 308 g/mol. The first kappa shape index (κ1) is 15.1. The molecule has 3 aromatic heterocycles. The van der Waals surface area contributed by atoms with Gasteiger partial charge in [0.15, 0.2) is 0 Å². The molecule has 0 spiro atoms. The minimum atomic E-state index is 0.626. The van der Waals surface area contributed by atoms with E-state index < -0.39 is 0 Å². The first-order valence-corrected chi connectivity index (χ1v) is 7.62. The molecule has 0 aliphatic carbocycles. The Kier molecular flexibility index (Phi) is 4.32. The molecule has 1 N–H and O–H groups in total. The SMILES string of the molecule is Cc1nn(C)c(C)c1-c1ccnc(NCCc2ccccn2)n1.